The maximum absolute atomic E-state index is 11.8. The summed E-state index contributed by atoms with van der Waals surface area (Å²) in [6, 6.07) is 6.11. The monoisotopic (exact) mass is 233 g/mol. The van der Waals surface area contributed by atoms with Crippen LogP contribution >= 0.6 is 0 Å². The molecule has 1 aliphatic rings. The molecular formula is C13H19N3O. The van der Waals surface area contributed by atoms with E-state index in [0.717, 1.165) is 18.5 Å². The lowest BCUT2D eigenvalue weighted by Crippen LogP contribution is -2.44. The van der Waals surface area contributed by atoms with E-state index in [1.165, 1.54) is 0 Å². The Morgan fingerprint density at radius 2 is 2.18 bits per heavy atom. The van der Waals surface area contributed by atoms with Crippen molar-refractivity contribution in [2.75, 3.05) is 0 Å². The predicted molar refractivity (Wildman–Crippen MR) is 66.4 cm³/mol. The molecule has 1 aromatic heterocycles. The molecule has 2 N–H and O–H groups in total. The number of amides is 1. The van der Waals surface area contributed by atoms with Crippen LogP contribution in [-0.2, 0) is 4.79 Å². The van der Waals surface area contributed by atoms with Crippen LogP contribution in [0.4, 0.5) is 0 Å². The molecule has 0 saturated heterocycles. The van der Waals surface area contributed by atoms with E-state index in [1.807, 2.05) is 32.0 Å². The molecule has 0 spiro atoms. The Balaban J connectivity index is 1.84. The van der Waals surface area contributed by atoms with Crippen molar-refractivity contribution in [1.29, 1.82) is 0 Å². The Hall–Kier alpha value is -1.42. The van der Waals surface area contributed by atoms with Gasteiger partial charge in [0.05, 0.1) is 11.7 Å². The zero-order valence-electron chi connectivity index (χ0n) is 10.3. The number of pyridine rings is 1. The van der Waals surface area contributed by atoms with Crippen molar-refractivity contribution >= 4 is 5.91 Å². The first-order valence-electron chi connectivity index (χ1n) is 6.14. The second-order valence-corrected chi connectivity index (χ2v) is 4.65. The van der Waals surface area contributed by atoms with Crippen LogP contribution in [0.1, 0.15) is 38.4 Å². The highest BCUT2D eigenvalue weighted by molar-refractivity contribution is 5.81. The first-order valence-corrected chi connectivity index (χ1v) is 6.14. The SMILES string of the molecule is CC(N[C@@H](C)c1ccccn1)C(=O)NC1CC1. The fraction of sp³-hybridized carbons (Fsp3) is 0.538. The minimum atomic E-state index is -0.187. The van der Waals surface area contributed by atoms with Gasteiger partial charge in [-0.15, -0.1) is 0 Å². The molecule has 4 nitrogen and oxygen atoms in total. The van der Waals surface area contributed by atoms with Gasteiger partial charge in [-0.3, -0.25) is 15.1 Å². The van der Waals surface area contributed by atoms with Crippen molar-refractivity contribution in [1.82, 2.24) is 15.6 Å². The summed E-state index contributed by atoms with van der Waals surface area (Å²) in [6.07, 6.45) is 4.00. The third kappa shape index (κ3) is 3.53. The summed E-state index contributed by atoms with van der Waals surface area (Å²) in [7, 11) is 0. The highest BCUT2D eigenvalue weighted by Crippen LogP contribution is 2.18. The Morgan fingerprint density at radius 3 is 2.76 bits per heavy atom. The van der Waals surface area contributed by atoms with E-state index in [-0.39, 0.29) is 18.0 Å². The van der Waals surface area contributed by atoms with E-state index in [9.17, 15) is 4.79 Å². The number of rotatable bonds is 5. The lowest BCUT2D eigenvalue weighted by atomic mass is 10.2. The highest BCUT2D eigenvalue weighted by atomic mass is 16.2. The fourth-order valence-electron chi connectivity index (χ4n) is 1.72. The molecular weight excluding hydrogens is 214 g/mol. The average molecular weight is 233 g/mol. The Bertz CT molecular complexity index is 376. The van der Waals surface area contributed by atoms with Gasteiger partial charge < -0.3 is 5.32 Å². The number of carbonyl (C=O) groups excluding carboxylic acids is 1. The van der Waals surface area contributed by atoms with Crippen molar-refractivity contribution in [3.63, 3.8) is 0 Å². The topological polar surface area (TPSA) is 54.0 Å². The van der Waals surface area contributed by atoms with E-state index in [2.05, 4.69) is 15.6 Å². The van der Waals surface area contributed by atoms with Crippen LogP contribution in [0.5, 0.6) is 0 Å². The number of hydrogen-bond acceptors (Lipinski definition) is 3. The maximum atomic E-state index is 11.8. The van der Waals surface area contributed by atoms with Gasteiger partial charge in [0.1, 0.15) is 0 Å². The van der Waals surface area contributed by atoms with Crippen molar-refractivity contribution < 1.29 is 4.79 Å². The molecule has 2 atom stereocenters. The number of hydrogen-bond donors (Lipinski definition) is 2. The lowest BCUT2D eigenvalue weighted by Gasteiger charge is -2.19. The first-order chi connectivity index (χ1) is 8.16. The van der Waals surface area contributed by atoms with Crippen molar-refractivity contribution in [3.05, 3.63) is 30.1 Å². The molecule has 1 aromatic rings. The lowest BCUT2D eigenvalue weighted by molar-refractivity contribution is -0.123. The Kier molecular flexibility index (Phi) is 3.74. The van der Waals surface area contributed by atoms with Crippen LogP contribution in [0, 0.1) is 0 Å². The minimum Gasteiger partial charge on any atom is -0.352 e. The molecule has 92 valence electrons. The van der Waals surface area contributed by atoms with E-state index in [1.54, 1.807) is 6.20 Å². The molecule has 0 aromatic carbocycles. The van der Waals surface area contributed by atoms with Gasteiger partial charge in [0.25, 0.3) is 0 Å². The molecule has 2 rings (SSSR count). The van der Waals surface area contributed by atoms with Crippen LogP contribution in [0.15, 0.2) is 24.4 Å². The van der Waals surface area contributed by atoms with Gasteiger partial charge >= 0.3 is 0 Å². The number of nitrogens with one attached hydrogen (secondary N) is 2. The molecule has 4 heteroatoms. The first kappa shape index (κ1) is 12.0. The van der Waals surface area contributed by atoms with Crippen LogP contribution in [0.25, 0.3) is 0 Å². The number of carbonyl (C=O) groups is 1. The van der Waals surface area contributed by atoms with E-state index >= 15 is 0 Å². The molecule has 1 unspecified atom stereocenters. The van der Waals surface area contributed by atoms with Gasteiger partial charge in [-0.1, -0.05) is 6.07 Å². The normalized spacial score (nSPS) is 18.5. The average Bonchev–Trinajstić information content (AvgIpc) is 3.14. The van der Waals surface area contributed by atoms with Gasteiger partial charge in [-0.05, 0) is 38.8 Å². The maximum Gasteiger partial charge on any atom is 0.237 e. The molecule has 1 amide bonds. The molecule has 0 aliphatic heterocycles. The van der Waals surface area contributed by atoms with E-state index in [0.29, 0.717) is 6.04 Å². The molecule has 0 radical (unpaired) electrons. The fourth-order valence-corrected chi connectivity index (χ4v) is 1.72. The summed E-state index contributed by atoms with van der Waals surface area (Å²) >= 11 is 0. The zero-order valence-corrected chi connectivity index (χ0v) is 10.3. The molecule has 1 fully saturated rings. The van der Waals surface area contributed by atoms with Crippen LogP contribution < -0.4 is 10.6 Å². The summed E-state index contributed by atoms with van der Waals surface area (Å²) in [6.45, 7) is 3.90. The standard InChI is InChI=1S/C13H19N3O/c1-9(12-5-3-4-8-14-12)15-10(2)13(17)16-11-6-7-11/h3-5,8-11,15H,6-7H2,1-2H3,(H,16,17)/t9-,10?/m0/s1. The summed E-state index contributed by atoms with van der Waals surface area (Å²) in [5, 5.41) is 6.24. The molecule has 17 heavy (non-hydrogen) atoms. The predicted octanol–water partition coefficient (Wildman–Crippen LogP) is 1.40. The van der Waals surface area contributed by atoms with Crippen LogP contribution in [0.3, 0.4) is 0 Å². The van der Waals surface area contributed by atoms with E-state index < -0.39 is 0 Å². The van der Waals surface area contributed by atoms with Gasteiger partial charge in [0.2, 0.25) is 5.91 Å². The van der Waals surface area contributed by atoms with Gasteiger partial charge in [-0.25, -0.2) is 0 Å². The molecule has 1 saturated carbocycles. The van der Waals surface area contributed by atoms with Crippen LogP contribution in [-0.4, -0.2) is 23.0 Å². The second kappa shape index (κ2) is 5.27. The third-order valence-corrected chi connectivity index (χ3v) is 2.95. The molecule has 1 aliphatic carbocycles. The second-order valence-electron chi connectivity index (χ2n) is 4.65. The highest BCUT2D eigenvalue weighted by Gasteiger charge is 2.26. The smallest absolute Gasteiger partial charge is 0.237 e. The van der Waals surface area contributed by atoms with Gasteiger partial charge in [0.15, 0.2) is 0 Å². The van der Waals surface area contributed by atoms with E-state index in [4.69, 9.17) is 0 Å². The minimum absolute atomic E-state index is 0.0790. The zero-order chi connectivity index (χ0) is 12.3. The molecule has 0 bridgehead atoms. The Morgan fingerprint density at radius 1 is 1.41 bits per heavy atom. The largest absolute Gasteiger partial charge is 0.352 e. The summed E-state index contributed by atoms with van der Waals surface area (Å²) in [5.41, 5.74) is 0.957. The van der Waals surface area contributed by atoms with Crippen molar-refractivity contribution in [2.45, 2.75) is 44.8 Å². The quantitative estimate of drug-likeness (QED) is 0.808. The summed E-state index contributed by atoms with van der Waals surface area (Å²) in [5.74, 6) is 0.0790. The number of aromatic nitrogens is 1. The summed E-state index contributed by atoms with van der Waals surface area (Å²) in [4.78, 5) is 16.0. The third-order valence-electron chi connectivity index (χ3n) is 2.95. The summed E-state index contributed by atoms with van der Waals surface area (Å²) < 4.78 is 0. The van der Waals surface area contributed by atoms with Crippen molar-refractivity contribution in [3.8, 4) is 0 Å². The van der Waals surface area contributed by atoms with Gasteiger partial charge in [0, 0.05) is 18.3 Å². The van der Waals surface area contributed by atoms with Crippen LogP contribution in [0.2, 0.25) is 0 Å². The van der Waals surface area contributed by atoms with Gasteiger partial charge in [-0.2, -0.15) is 0 Å². The number of nitrogens with zero attached hydrogens (tertiary/aromatic N) is 1. The Labute approximate surface area is 102 Å². The van der Waals surface area contributed by atoms with Crippen molar-refractivity contribution in [2.24, 2.45) is 0 Å². The molecule has 1 heterocycles.